The van der Waals surface area contributed by atoms with Gasteiger partial charge in [-0.15, -0.1) is 0 Å². The van der Waals surface area contributed by atoms with E-state index in [1.807, 2.05) is 55.6 Å². The normalized spacial score (nSPS) is 16.1. The highest BCUT2D eigenvalue weighted by atomic mass is 79.9. The van der Waals surface area contributed by atoms with Crippen molar-refractivity contribution in [3.63, 3.8) is 0 Å². The summed E-state index contributed by atoms with van der Waals surface area (Å²) in [7, 11) is 0. The van der Waals surface area contributed by atoms with Crippen molar-refractivity contribution in [3.8, 4) is 0 Å². The number of hydrogen-bond donors (Lipinski definition) is 1. The summed E-state index contributed by atoms with van der Waals surface area (Å²) in [5.74, 6) is 0.981. The highest BCUT2D eigenvalue weighted by Crippen LogP contribution is 2.22. The van der Waals surface area contributed by atoms with Crippen LogP contribution in [-0.4, -0.2) is 53.0 Å². The summed E-state index contributed by atoms with van der Waals surface area (Å²) in [6, 6.07) is 13.5. The Morgan fingerprint density at radius 2 is 1.89 bits per heavy atom. The SMILES string of the molecule is CC(C(=O)Nc1cccc2ncccc12)N1CCN(c2ccc(Br)cn2)CC1. The molecule has 1 aromatic carbocycles. The average molecular weight is 440 g/mol. The number of carbonyl (C=O) groups excluding carboxylic acids is 1. The molecule has 1 saturated heterocycles. The van der Waals surface area contributed by atoms with E-state index in [0.717, 1.165) is 53.1 Å². The van der Waals surface area contributed by atoms with Gasteiger partial charge in [0.25, 0.3) is 0 Å². The lowest BCUT2D eigenvalue weighted by atomic mass is 10.1. The first kappa shape index (κ1) is 18.8. The van der Waals surface area contributed by atoms with Crippen LogP contribution in [0.5, 0.6) is 0 Å². The molecule has 0 spiro atoms. The van der Waals surface area contributed by atoms with Crippen molar-refractivity contribution in [1.82, 2.24) is 14.9 Å². The number of benzene rings is 1. The lowest BCUT2D eigenvalue weighted by molar-refractivity contribution is -0.120. The fourth-order valence-electron chi connectivity index (χ4n) is 3.51. The zero-order chi connectivity index (χ0) is 19.5. The molecule has 0 aliphatic carbocycles. The molecule has 0 saturated carbocycles. The monoisotopic (exact) mass is 439 g/mol. The molecule has 144 valence electrons. The number of pyridine rings is 2. The average Bonchev–Trinajstić information content (AvgIpc) is 2.74. The van der Waals surface area contributed by atoms with Crippen molar-refractivity contribution in [1.29, 1.82) is 0 Å². The van der Waals surface area contributed by atoms with Crippen molar-refractivity contribution in [3.05, 3.63) is 59.3 Å². The Bertz CT molecular complexity index is 965. The highest BCUT2D eigenvalue weighted by molar-refractivity contribution is 9.10. The Hall–Kier alpha value is -2.51. The Morgan fingerprint density at radius 1 is 1.07 bits per heavy atom. The van der Waals surface area contributed by atoms with Gasteiger partial charge in [0, 0.05) is 48.4 Å². The van der Waals surface area contributed by atoms with Gasteiger partial charge in [0.05, 0.1) is 17.2 Å². The summed E-state index contributed by atoms with van der Waals surface area (Å²) in [6.45, 7) is 5.31. The maximum absolute atomic E-state index is 12.8. The number of anilines is 2. The van der Waals surface area contributed by atoms with E-state index in [-0.39, 0.29) is 11.9 Å². The topological polar surface area (TPSA) is 61.4 Å². The van der Waals surface area contributed by atoms with Crippen LogP contribution in [-0.2, 0) is 4.79 Å². The van der Waals surface area contributed by atoms with E-state index >= 15 is 0 Å². The van der Waals surface area contributed by atoms with E-state index in [0.29, 0.717) is 0 Å². The molecule has 6 nitrogen and oxygen atoms in total. The minimum absolute atomic E-state index is 0.00608. The summed E-state index contributed by atoms with van der Waals surface area (Å²) in [4.78, 5) is 26.1. The fraction of sp³-hybridized carbons (Fsp3) is 0.286. The van der Waals surface area contributed by atoms with E-state index in [4.69, 9.17) is 0 Å². The smallest absolute Gasteiger partial charge is 0.241 e. The number of amides is 1. The van der Waals surface area contributed by atoms with Gasteiger partial charge in [-0.1, -0.05) is 6.07 Å². The van der Waals surface area contributed by atoms with Gasteiger partial charge in [0.1, 0.15) is 5.82 Å². The van der Waals surface area contributed by atoms with Crippen LogP contribution in [0.2, 0.25) is 0 Å². The second-order valence-corrected chi connectivity index (χ2v) is 7.81. The first-order valence-corrected chi connectivity index (χ1v) is 10.2. The maximum Gasteiger partial charge on any atom is 0.241 e. The van der Waals surface area contributed by atoms with Gasteiger partial charge in [-0.05, 0) is 59.3 Å². The maximum atomic E-state index is 12.8. The molecule has 1 atom stereocenters. The van der Waals surface area contributed by atoms with Crippen molar-refractivity contribution >= 4 is 44.2 Å². The van der Waals surface area contributed by atoms with Crippen LogP contribution in [0.1, 0.15) is 6.92 Å². The minimum atomic E-state index is -0.202. The van der Waals surface area contributed by atoms with Crippen molar-refractivity contribution < 1.29 is 4.79 Å². The standard InChI is InChI=1S/C21H22BrN5O/c1-15(21(28)25-19-6-2-5-18-17(19)4-3-9-23-18)26-10-12-27(13-11-26)20-8-7-16(22)14-24-20/h2-9,14-15H,10-13H2,1H3,(H,25,28). The zero-order valence-electron chi connectivity index (χ0n) is 15.7. The highest BCUT2D eigenvalue weighted by Gasteiger charge is 2.26. The molecule has 0 radical (unpaired) electrons. The molecule has 4 rings (SSSR count). The van der Waals surface area contributed by atoms with Crippen LogP contribution in [0.4, 0.5) is 11.5 Å². The number of piperazine rings is 1. The van der Waals surface area contributed by atoms with E-state index in [2.05, 4.69) is 41.0 Å². The number of carbonyl (C=O) groups is 1. The summed E-state index contributed by atoms with van der Waals surface area (Å²) in [5.41, 5.74) is 1.68. The number of rotatable bonds is 4. The van der Waals surface area contributed by atoms with Crippen LogP contribution < -0.4 is 10.2 Å². The Balaban J connectivity index is 1.39. The molecule has 1 aliphatic rings. The number of hydrogen-bond acceptors (Lipinski definition) is 5. The Kier molecular flexibility index (Phi) is 5.54. The van der Waals surface area contributed by atoms with Gasteiger partial charge in [-0.25, -0.2) is 4.98 Å². The quantitative estimate of drug-likeness (QED) is 0.673. The van der Waals surface area contributed by atoms with Gasteiger partial charge >= 0.3 is 0 Å². The lowest BCUT2D eigenvalue weighted by Crippen LogP contribution is -2.53. The van der Waals surface area contributed by atoms with E-state index < -0.39 is 0 Å². The lowest BCUT2D eigenvalue weighted by Gasteiger charge is -2.38. The summed E-state index contributed by atoms with van der Waals surface area (Å²) in [5, 5.41) is 4.03. The van der Waals surface area contributed by atoms with Crippen molar-refractivity contribution in [2.75, 3.05) is 36.4 Å². The molecule has 1 amide bonds. The predicted octanol–water partition coefficient (Wildman–Crippen LogP) is 3.54. The molecule has 7 heteroatoms. The molecule has 1 fully saturated rings. The Morgan fingerprint density at radius 3 is 2.64 bits per heavy atom. The molecule has 2 aromatic heterocycles. The molecule has 28 heavy (non-hydrogen) atoms. The first-order chi connectivity index (χ1) is 13.6. The van der Waals surface area contributed by atoms with E-state index in [1.54, 1.807) is 6.20 Å². The number of nitrogens with zero attached hydrogens (tertiary/aromatic N) is 4. The van der Waals surface area contributed by atoms with Crippen molar-refractivity contribution in [2.45, 2.75) is 13.0 Å². The number of aromatic nitrogens is 2. The van der Waals surface area contributed by atoms with Gasteiger partial charge in [0.2, 0.25) is 5.91 Å². The fourth-order valence-corrected chi connectivity index (χ4v) is 3.74. The third kappa shape index (κ3) is 4.00. The minimum Gasteiger partial charge on any atom is -0.354 e. The predicted molar refractivity (Wildman–Crippen MR) is 116 cm³/mol. The van der Waals surface area contributed by atoms with E-state index in [1.165, 1.54) is 0 Å². The number of nitrogens with one attached hydrogen (secondary N) is 1. The van der Waals surface area contributed by atoms with Gasteiger partial charge in [-0.3, -0.25) is 14.7 Å². The summed E-state index contributed by atoms with van der Waals surface area (Å²) >= 11 is 3.42. The third-order valence-corrected chi connectivity index (χ3v) is 5.65. The van der Waals surface area contributed by atoms with Crippen molar-refractivity contribution in [2.24, 2.45) is 0 Å². The van der Waals surface area contributed by atoms with Crippen LogP contribution in [0, 0.1) is 0 Å². The molecule has 1 N–H and O–H groups in total. The van der Waals surface area contributed by atoms with Gasteiger partial charge in [-0.2, -0.15) is 0 Å². The van der Waals surface area contributed by atoms with Crippen LogP contribution >= 0.6 is 15.9 Å². The molecular weight excluding hydrogens is 418 g/mol. The van der Waals surface area contributed by atoms with Crippen LogP contribution in [0.3, 0.4) is 0 Å². The molecule has 1 unspecified atom stereocenters. The molecule has 0 bridgehead atoms. The largest absolute Gasteiger partial charge is 0.354 e. The van der Waals surface area contributed by atoms with Crippen LogP contribution in [0.25, 0.3) is 10.9 Å². The second kappa shape index (κ2) is 8.24. The first-order valence-electron chi connectivity index (χ1n) is 9.37. The number of fused-ring (bicyclic) bond motifs is 1. The second-order valence-electron chi connectivity index (χ2n) is 6.90. The third-order valence-electron chi connectivity index (χ3n) is 5.18. The number of halogens is 1. The zero-order valence-corrected chi connectivity index (χ0v) is 17.3. The molecule has 3 aromatic rings. The van der Waals surface area contributed by atoms with E-state index in [9.17, 15) is 4.79 Å². The van der Waals surface area contributed by atoms with Gasteiger partial charge in [0.15, 0.2) is 0 Å². The summed E-state index contributed by atoms with van der Waals surface area (Å²) in [6.07, 6.45) is 3.58. The Labute approximate surface area is 172 Å². The van der Waals surface area contributed by atoms with Gasteiger partial charge < -0.3 is 10.2 Å². The van der Waals surface area contributed by atoms with Crippen LogP contribution in [0.15, 0.2) is 59.3 Å². The molecular formula is C21H22BrN5O. The molecule has 3 heterocycles. The molecule has 1 aliphatic heterocycles. The summed E-state index contributed by atoms with van der Waals surface area (Å²) < 4.78 is 0.976.